The van der Waals surface area contributed by atoms with Crippen LogP contribution in [0.4, 0.5) is 0 Å². The van der Waals surface area contributed by atoms with Crippen molar-refractivity contribution in [3.8, 4) is 0 Å². The summed E-state index contributed by atoms with van der Waals surface area (Å²) < 4.78 is 32.5. The lowest BCUT2D eigenvalue weighted by Gasteiger charge is -2.24. The molecule has 0 bridgehead atoms. The topological polar surface area (TPSA) is 67.4 Å². The van der Waals surface area contributed by atoms with Gasteiger partial charge in [0.1, 0.15) is 0 Å². The van der Waals surface area contributed by atoms with Gasteiger partial charge in [-0.1, -0.05) is 13.3 Å². The summed E-state index contributed by atoms with van der Waals surface area (Å²) in [7, 11) is -3.17. The van der Waals surface area contributed by atoms with Crippen molar-refractivity contribution in [1.29, 1.82) is 0 Å². The summed E-state index contributed by atoms with van der Waals surface area (Å²) in [5.74, 6) is 0.538. The molecule has 0 aromatic rings. The van der Waals surface area contributed by atoms with E-state index in [2.05, 4.69) is 17.0 Å². The van der Waals surface area contributed by atoms with Crippen LogP contribution in [0.2, 0.25) is 0 Å². The summed E-state index contributed by atoms with van der Waals surface area (Å²) >= 11 is 0. The number of hydrogen-bond donors (Lipinski definition) is 2. The zero-order valence-electron chi connectivity index (χ0n) is 11.7. The van der Waals surface area contributed by atoms with E-state index in [0.29, 0.717) is 12.5 Å². The maximum atomic E-state index is 12.1. The molecule has 2 N–H and O–H groups in total. The Balaban J connectivity index is 1.77. The smallest absolute Gasteiger partial charge is 0.213 e. The van der Waals surface area contributed by atoms with E-state index in [9.17, 15) is 8.42 Å². The average Bonchev–Trinajstić information content (AvgIpc) is 2.84. The molecule has 0 amide bonds. The van der Waals surface area contributed by atoms with Crippen LogP contribution in [0.1, 0.15) is 39.0 Å². The van der Waals surface area contributed by atoms with Gasteiger partial charge in [-0.3, -0.25) is 0 Å². The Morgan fingerprint density at radius 3 is 2.84 bits per heavy atom. The first-order valence-corrected chi connectivity index (χ1v) is 9.08. The summed E-state index contributed by atoms with van der Waals surface area (Å²) in [4.78, 5) is 0. The molecule has 0 aromatic carbocycles. The molecule has 2 rings (SSSR count). The summed E-state index contributed by atoms with van der Waals surface area (Å²) in [5.41, 5.74) is 0. The van der Waals surface area contributed by atoms with Crippen LogP contribution in [0, 0.1) is 5.92 Å². The lowest BCUT2D eigenvalue weighted by molar-refractivity contribution is 0.0884. The quantitative estimate of drug-likeness (QED) is 0.761. The molecule has 0 aromatic heterocycles. The van der Waals surface area contributed by atoms with E-state index in [4.69, 9.17) is 4.74 Å². The molecule has 6 heteroatoms. The lowest BCUT2D eigenvalue weighted by Crippen LogP contribution is -2.43. The molecule has 19 heavy (non-hydrogen) atoms. The number of rotatable bonds is 6. The predicted octanol–water partition coefficient (Wildman–Crippen LogP) is 0.863. The maximum Gasteiger partial charge on any atom is 0.213 e. The van der Waals surface area contributed by atoms with E-state index in [0.717, 1.165) is 45.3 Å². The van der Waals surface area contributed by atoms with Crippen molar-refractivity contribution in [3.05, 3.63) is 0 Å². The molecule has 0 aliphatic carbocycles. The number of piperidine rings is 1. The fourth-order valence-corrected chi connectivity index (χ4v) is 4.40. The van der Waals surface area contributed by atoms with Gasteiger partial charge in [-0.2, -0.15) is 0 Å². The fourth-order valence-electron chi connectivity index (χ4n) is 3.00. The highest BCUT2D eigenvalue weighted by molar-refractivity contribution is 7.89. The van der Waals surface area contributed by atoms with Gasteiger partial charge >= 0.3 is 0 Å². The zero-order chi connectivity index (χ0) is 13.7. The second-order valence-electron chi connectivity index (χ2n) is 5.64. The third-order valence-corrected chi connectivity index (χ3v) is 5.59. The van der Waals surface area contributed by atoms with E-state index >= 15 is 0 Å². The molecule has 5 nitrogen and oxygen atoms in total. The van der Waals surface area contributed by atoms with E-state index in [1.54, 1.807) is 0 Å². The van der Waals surface area contributed by atoms with Crippen molar-refractivity contribution >= 4 is 10.0 Å². The Labute approximate surface area is 116 Å². The van der Waals surface area contributed by atoms with Crippen LogP contribution in [-0.2, 0) is 14.8 Å². The monoisotopic (exact) mass is 290 g/mol. The summed E-state index contributed by atoms with van der Waals surface area (Å²) in [6, 6.07) is 0.119. The summed E-state index contributed by atoms with van der Waals surface area (Å²) in [6.45, 7) is 4.31. The van der Waals surface area contributed by atoms with Crippen LogP contribution in [0.3, 0.4) is 0 Å². The molecule has 0 saturated carbocycles. The van der Waals surface area contributed by atoms with E-state index in [1.807, 2.05) is 0 Å². The second kappa shape index (κ2) is 7.02. The Hall–Kier alpha value is -0.170. The van der Waals surface area contributed by atoms with Gasteiger partial charge in [0, 0.05) is 25.1 Å². The number of hydrogen-bond acceptors (Lipinski definition) is 4. The minimum absolute atomic E-state index is 0.119. The first kappa shape index (κ1) is 15.2. The van der Waals surface area contributed by atoms with Crippen molar-refractivity contribution in [2.75, 3.05) is 25.4 Å². The third kappa shape index (κ3) is 4.70. The highest BCUT2D eigenvalue weighted by atomic mass is 32.2. The van der Waals surface area contributed by atoms with Crippen molar-refractivity contribution in [3.63, 3.8) is 0 Å². The Morgan fingerprint density at radius 2 is 2.16 bits per heavy atom. The highest BCUT2D eigenvalue weighted by Gasteiger charge is 2.28. The molecule has 3 atom stereocenters. The van der Waals surface area contributed by atoms with Crippen LogP contribution in [-0.4, -0.2) is 46.0 Å². The van der Waals surface area contributed by atoms with Crippen LogP contribution in [0.5, 0.6) is 0 Å². The number of ether oxygens (including phenoxy) is 1. The molecule has 2 aliphatic heterocycles. The predicted molar refractivity (Wildman–Crippen MR) is 75.6 cm³/mol. The van der Waals surface area contributed by atoms with Crippen molar-refractivity contribution in [2.24, 2.45) is 5.92 Å². The number of nitrogens with one attached hydrogen (secondary N) is 2. The maximum absolute atomic E-state index is 12.1. The molecule has 0 spiro atoms. The fraction of sp³-hybridized carbons (Fsp3) is 1.00. The summed E-state index contributed by atoms with van der Waals surface area (Å²) in [6.07, 6.45) is 5.38. The van der Waals surface area contributed by atoms with E-state index in [1.165, 1.54) is 0 Å². The van der Waals surface area contributed by atoms with Crippen LogP contribution in [0.15, 0.2) is 0 Å². The minimum atomic E-state index is -3.17. The standard InChI is InChI=1S/C13H26N2O3S/c1-2-13-11(6-8-18-13)9-15-19(16,17)10-12-5-3-4-7-14-12/h11-15H,2-10H2,1H3. The number of sulfonamides is 1. The molecule has 112 valence electrons. The SMILES string of the molecule is CCC1OCCC1CNS(=O)(=O)CC1CCCCN1. The molecule has 2 heterocycles. The molecule has 2 aliphatic rings. The normalized spacial score (nSPS) is 32.6. The zero-order valence-corrected chi connectivity index (χ0v) is 12.5. The van der Waals surface area contributed by atoms with Gasteiger partial charge in [0.25, 0.3) is 0 Å². The molecule has 2 fully saturated rings. The average molecular weight is 290 g/mol. The lowest BCUT2D eigenvalue weighted by atomic mass is 10.0. The molecule has 3 unspecified atom stereocenters. The third-order valence-electron chi connectivity index (χ3n) is 4.15. The Morgan fingerprint density at radius 1 is 1.32 bits per heavy atom. The van der Waals surface area contributed by atoms with E-state index in [-0.39, 0.29) is 17.9 Å². The van der Waals surface area contributed by atoms with Gasteiger partial charge in [-0.05, 0) is 32.2 Å². The van der Waals surface area contributed by atoms with Crippen LogP contribution in [0.25, 0.3) is 0 Å². The van der Waals surface area contributed by atoms with Crippen molar-refractivity contribution in [2.45, 2.75) is 51.2 Å². The second-order valence-corrected chi connectivity index (χ2v) is 7.49. The van der Waals surface area contributed by atoms with Crippen LogP contribution >= 0.6 is 0 Å². The molecule has 2 saturated heterocycles. The summed E-state index contributed by atoms with van der Waals surface area (Å²) in [5, 5.41) is 3.28. The van der Waals surface area contributed by atoms with Crippen LogP contribution < -0.4 is 10.0 Å². The molecule has 0 radical (unpaired) electrons. The van der Waals surface area contributed by atoms with Gasteiger partial charge in [-0.25, -0.2) is 13.1 Å². The Bertz CT molecular complexity index is 366. The first-order valence-electron chi connectivity index (χ1n) is 7.43. The van der Waals surface area contributed by atoms with Gasteiger partial charge in [-0.15, -0.1) is 0 Å². The highest BCUT2D eigenvalue weighted by Crippen LogP contribution is 2.22. The van der Waals surface area contributed by atoms with Crippen molar-refractivity contribution < 1.29 is 13.2 Å². The molecular formula is C13H26N2O3S. The molecular weight excluding hydrogens is 264 g/mol. The van der Waals surface area contributed by atoms with E-state index < -0.39 is 10.0 Å². The van der Waals surface area contributed by atoms with Gasteiger partial charge in [0.15, 0.2) is 0 Å². The largest absolute Gasteiger partial charge is 0.378 e. The van der Waals surface area contributed by atoms with Gasteiger partial charge in [0.2, 0.25) is 10.0 Å². The minimum Gasteiger partial charge on any atom is -0.378 e. The first-order chi connectivity index (χ1) is 9.11. The Kier molecular flexibility index (Phi) is 5.62. The van der Waals surface area contributed by atoms with Gasteiger partial charge < -0.3 is 10.1 Å². The van der Waals surface area contributed by atoms with Crippen molar-refractivity contribution in [1.82, 2.24) is 10.0 Å². The van der Waals surface area contributed by atoms with Gasteiger partial charge in [0.05, 0.1) is 11.9 Å².